The number of nitrogens with one attached hydrogen (secondary N) is 1. The Balaban J connectivity index is 1.45. The first-order valence-electron chi connectivity index (χ1n) is 11.6. The van der Waals surface area contributed by atoms with Crippen LogP contribution in [0.5, 0.6) is 0 Å². The first-order chi connectivity index (χ1) is 16.0. The summed E-state index contributed by atoms with van der Waals surface area (Å²) in [4.78, 5) is 17.8. The van der Waals surface area contributed by atoms with E-state index in [9.17, 15) is 9.90 Å². The predicted octanol–water partition coefficient (Wildman–Crippen LogP) is 4.78. The molecule has 0 amide bonds. The van der Waals surface area contributed by atoms with Gasteiger partial charge in [-0.3, -0.25) is 15.2 Å². The van der Waals surface area contributed by atoms with Crippen LogP contribution in [0.4, 0.5) is 5.82 Å². The molecule has 3 aromatic rings. The zero-order valence-electron chi connectivity index (χ0n) is 19.0. The number of hydrogen-bond donors (Lipinski definition) is 2. The molecule has 33 heavy (non-hydrogen) atoms. The van der Waals surface area contributed by atoms with Gasteiger partial charge in [0.1, 0.15) is 11.7 Å². The van der Waals surface area contributed by atoms with Crippen LogP contribution in [0.3, 0.4) is 0 Å². The molecule has 0 bridgehead atoms. The highest BCUT2D eigenvalue weighted by Crippen LogP contribution is 2.42. The van der Waals surface area contributed by atoms with Gasteiger partial charge in [-0.25, -0.2) is 4.68 Å². The molecule has 2 aliphatic rings. The molecular formula is C26H29N5O2. The lowest BCUT2D eigenvalue weighted by atomic mass is 9.74. The maximum absolute atomic E-state index is 11.4. The Morgan fingerprint density at radius 2 is 1.61 bits per heavy atom. The number of aliphatic carboxylic acids is 1. The molecule has 1 aromatic carbocycles. The maximum Gasteiger partial charge on any atom is 0.306 e. The Morgan fingerprint density at radius 1 is 1.00 bits per heavy atom. The summed E-state index contributed by atoms with van der Waals surface area (Å²) in [6.07, 6.45) is 8.64. The fraction of sp³-hybridized carbons (Fsp3) is 0.385. The number of carbonyl (C=O) groups is 1. The topological polar surface area (TPSA) is 95.1 Å². The minimum absolute atomic E-state index is 0.0238. The number of carboxylic acid groups (broad SMARTS) is 1. The van der Waals surface area contributed by atoms with Crippen molar-refractivity contribution in [3.05, 3.63) is 55.0 Å². The Kier molecular flexibility index (Phi) is 5.48. The summed E-state index contributed by atoms with van der Waals surface area (Å²) in [6.45, 7) is 2.10. The zero-order chi connectivity index (χ0) is 23.1. The van der Waals surface area contributed by atoms with Crippen molar-refractivity contribution in [1.29, 1.82) is 5.41 Å². The average Bonchev–Trinajstić information content (AvgIpc) is 3.29. The first kappa shape index (κ1) is 21.4. The second kappa shape index (κ2) is 8.46. The minimum Gasteiger partial charge on any atom is -0.481 e. The number of benzene rings is 1. The van der Waals surface area contributed by atoms with Gasteiger partial charge in [-0.2, -0.15) is 5.10 Å². The Bertz CT molecular complexity index is 1160. The van der Waals surface area contributed by atoms with E-state index in [1.54, 1.807) is 17.1 Å². The number of nitrogens with zero attached hydrogens (tertiary/aromatic N) is 4. The molecule has 1 fully saturated rings. The molecule has 170 valence electrons. The van der Waals surface area contributed by atoms with Crippen molar-refractivity contribution in [2.45, 2.75) is 38.6 Å². The number of rotatable bonds is 4. The standard InChI is InChI=1S/C26H29N5O2/c1-16-23(20-7-9-21(10-8-20)26(32)33)30(2)25-22(15-29-31(25)24(16)27)19-5-3-17(4-6-19)18-11-13-28-14-12-18/h3-6,11-16,20-21,23,27H,7-10H2,1-2H3,(H,32,33). The van der Waals surface area contributed by atoms with Gasteiger partial charge in [0.2, 0.25) is 0 Å². The highest BCUT2D eigenvalue weighted by molar-refractivity contribution is 5.93. The SMILES string of the molecule is CC1C(=N)n2ncc(-c3ccc(-c4ccncc4)cc3)c2N(C)C1C1CCC(C(=O)O)CC1. The van der Waals surface area contributed by atoms with E-state index >= 15 is 0 Å². The number of pyridine rings is 1. The summed E-state index contributed by atoms with van der Waals surface area (Å²) in [5, 5.41) is 22.8. The molecule has 1 saturated carbocycles. The van der Waals surface area contributed by atoms with Gasteiger partial charge < -0.3 is 10.0 Å². The van der Waals surface area contributed by atoms with Gasteiger partial charge in [-0.05, 0) is 60.4 Å². The van der Waals surface area contributed by atoms with Gasteiger partial charge in [0.05, 0.1) is 12.1 Å². The smallest absolute Gasteiger partial charge is 0.306 e. The van der Waals surface area contributed by atoms with Crippen LogP contribution >= 0.6 is 0 Å². The minimum atomic E-state index is -0.679. The highest BCUT2D eigenvalue weighted by Gasteiger charge is 2.42. The lowest BCUT2D eigenvalue weighted by Crippen LogP contribution is -2.52. The lowest BCUT2D eigenvalue weighted by molar-refractivity contribution is -0.143. The van der Waals surface area contributed by atoms with Crippen LogP contribution in [0, 0.1) is 23.2 Å². The quantitative estimate of drug-likeness (QED) is 0.605. The van der Waals surface area contributed by atoms with Crippen LogP contribution in [0.25, 0.3) is 22.3 Å². The van der Waals surface area contributed by atoms with Crippen LogP contribution in [-0.4, -0.2) is 44.8 Å². The van der Waals surface area contributed by atoms with Crippen molar-refractivity contribution in [3.8, 4) is 22.3 Å². The van der Waals surface area contributed by atoms with Gasteiger partial charge in [0, 0.05) is 37.0 Å². The second-order valence-corrected chi connectivity index (χ2v) is 9.33. The predicted molar refractivity (Wildman–Crippen MR) is 128 cm³/mol. The summed E-state index contributed by atoms with van der Waals surface area (Å²) in [5.41, 5.74) is 4.33. The maximum atomic E-state index is 11.4. The Morgan fingerprint density at radius 3 is 2.24 bits per heavy atom. The Labute approximate surface area is 193 Å². The number of hydrogen-bond acceptors (Lipinski definition) is 5. The van der Waals surface area contributed by atoms with E-state index in [4.69, 9.17) is 5.41 Å². The molecule has 3 heterocycles. The summed E-state index contributed by atoms with van der Waals surface area (Å²) in [5.74, 6) is 0.933. The highest BCUT2D eigenvalue weighted by atomic mass is 16.4. The largest absolute Gasteiger partial charge is 0.481 e. The Hall–Kier alpha value is -3.48. The number of carboxylic acids is 1. The van der Waals surface area contributed by atoms with Gasteiger partial charge >= 0.3 is 5.97 Å². The van der Waals surface area contributed by atoms with Gasteiger partial charge in [-0.15, -0.1) is 0 Å². The summed E-state index contributed by atoms with van der Waals surface area (Å²) >= 11 is 0. The molecule has 1 aliphatic heterocycles. The molecular weight excluding hydrogens is 414 g/mol. The van der Waals surface area contributed by atoms with E-state index in [1.807, 2.05) is 18.3 Å². The first-order valence-corrected chi connectivity index (χ1v) is 11.6. The summed E-state index contributed by atoms with van der Waals surface area (Å²) in [6, 6.07) is 12.6. The van der Waals surface area contributed by atoms with Crippen LogP contribution < -0.4 is 4.90 Å². The molecule has 2 atom stereocenters. The number of anilines is 1. The average molecular weight is 444 g/mol. The molecule has 2 N–H and O–H groups in total. The van der Waals surface area contributed by atoms with E-state index < -0.39 is 5.97 Å². The molecule has 7 heteroatoms. The number of fused-ring (bicyclic) bond motifs is 1. The van der Waals surface area contributed by atoms with Crippen LogP contribution in [0.2, 0.25) is 0 Å². The molecule has 2 aromatic heterocycles. The molecule has 5 rings (SSSR count). The van der Waals surface area contributed by atoms with Crippen LogP contribution in [0.15, 0.2) is 55.0 Å². The van der Waals surface area contributed by atoms with Crippen LogP contribution in [0.1, 0.15) is 32.6 Å². The number of aromatic nitrogens is 3. The molecule has 0 radical (unpaired) electrons. The fourth-order valence-corrected chi connectivity index (χ4v) is 5.71. The fourth-order valence-electron chi connectivity index (χ4n) is 5.71. The van der Waals surface area contributed by atoms with Gasteiger partial charge in [-0.1, -0.05) is 31.2 Å². The molecule has 1 aliphatic carbocycles. The molecule has 2 unspecified atom stereocenters. The molecule has 7 nitrogen and oxygen atoms in total. The lowest BCUT2D eigenvalue weighted by Gasteiger charge is -2.45. The van der Waals surface area contributed by atoms with E-state index in [-0.39, 0.29) is 17.9 Å². The van der Waals surface area contributed by atoms with Crippen molar-refractivity contribution >= 4 is 17.6 Å². The van der Waals surface area contributed by atoms with Crippen LogP contribution in [-0.2, 0) is 4.79 Å². The molecule has 0 spiro atoms. The van der Waals surface area contributed by atoms with E-state index in [0.717, 1.165) is 40.9 Å². The third-order valence-electron chi connectivity index (χ3n) is 7.51. The third kappa shape index (κ3) is 3.71. The monoisotopic (exact) mass is 443 g/mol. The van der Waals surface area contributed by atoms with Gasteiger partial charge in [0.15, 0.2) is 0 Å². The third-order valence-corrected chi connectivity index (χ3v) is 7.51. The van der Waals surface area contributed by atoms with Crippen molar-refractivity contribution in [3.63, 3.8) is 0 Å². The van der Waals surface area contributed by atoms with Crippen molar-refractivity contribution < 1.29 is 9.90 Å². The van der Waals surface area contributed by atoms with E-state index in [1.165, 1.54) is 0 Å². The van der Waals surface area contributed by atoms with E-state index in [0.29, 0.717) is 24.6 Å². The second-order valence-electron chi connectivity index (χ2n) is 9.33. The summed E-state index contributed by atoms with van der Waals surface area (Å²) in [7, 11) is 2.10. The van der Waals surface area contributed by atoms with Gasteiger partial charge in [0.25, 0.3) is 0 Å². The van der Waals surface area contributed by atoms with Crippen molar-refractivity contribution in [1.82, 2.24) is 14.8 Å². The van der Waals surface area contributed by atoms with Crippen molar-refractivity contribution in [2.24, 2.45) is 17.8 Å². The zero-order valence-corrected chi connectivity index (χ0v) is 19.0. The van der Waals surface area contributed by atoms with Crippen molar-refractivity contribution in [2.75, 3.05) is 11.9 Å². The normalized spacial score (nSPS) is 25.0. The van der Waals surface area contributed by atoms with E-state index in [2.05, 4.69) is 53.2 Å². The summed E-state index contributed by atoms with van der Waals surface area (Å²) < 4.78 is 1.76. The molecule has 0 saturated heterocycles.